The maximum Gasteiger partial charge on any atom is 0.290 e. The van der Waals surface area contributed by atoms with Crippen LogP contribution in [-0.2, 0) is 27.4 Å². The van der Waals surface area contributed by atoms with Crippen LogP contribution < -0.4 is 0 Å². The Morgan fingerprint density at radius 1 is 1.36 bits per heavy atom. The highest BCUT2D eigenvalue weighted by Gasteiger charge is 2.40. The maximum atomic E-state index is 12.4. The van der Waals surface area contributed by atoms with Crippen LogP contribution in [0.4, 0.5) is 0 Å². The summed E-state index contributed by atoms with van der Waals surface area (Å²) in [6.07, 6.45) is 3.23. The first kappa shape index (κ1) is 20.4. The molecule has 1 amide bonds. The van der Waals surface area contributed by atoms with Crippen molar-refractivity contribution in [2.45, 2.75) is 31.5 Å². The van der Waals surface area contributed by atoms with Gasteiger partial charge in [0.1, 0.15) is 12.9 Å². The second-order valence-corrected chi connectivity index (χ2v) is 7.65. The topological polar surface area (TPSA) is 114 Å². The van der Waals surface area contributed by atoms with Gasteiger partial charge in [0.05, 0.1) is 12.2 Å². The minimum atomic E-state index is -0.250. The first-order valence-corrected chi connectivity index (χ1v) is 10.0. The van der Waals surface area contributed by atoms with Gasteiger partial charge < -0.3 is 14.7 Å². The third-order valence-electron chi connectivity index (χ3n) is 5.03. The van der Waals surface area contributed by atoms with Crippen LogP contribution in [0.1, 0.15) is 18.4 Å². The highest BCUT2D eigenvalue weighted by molar-refractivity contribution is 7.07. The molecule has 2 aliphatic rings. The molecule has 28 heavy (non-hydrogen) atoms. The van der Waals surface area contributed by atoms with E-state index >= 15 is 0 Å². The lowest BCUT2D eigenvalue weighted by atomic mass is 9.89. The van der Waals surface area contributed by atoms with Crippen molar-refractivity contribution in [2.24, 2.45) is 0 Å². The van der Waals surface area contributed by atoms with Gasteiger partial charge in [-0.05, 0) is 45.7 Å². The first-order chi connectivity index (χ1) is 13.6. The Hall–Kier alpha value is -2.37. The number of carbonyl (C=O) groups is 2. The van der Waals surface area contributed by atoms with Crippen LogP contribution in [0.2, 0.25) is 0 Å². The number of carbonyl (C=O) groups excluding carboxylic acids is 1. The molecule has 0 aliphatic carbocycles. The predicted octanol–water partition coefficient (Wildman–Crippen LogP) is 0.329. The molecule has 2 aromatic heterocycles. The van der Waals surface area contributed by atoms with Crippen molar-refractivity contribution in [3.63, 3.8) is 0 Å². The summed E-state index contributed by atoms with van der Waals surface area (Å²) >= 11 is 1.74. The van der Waals surface area contributed by atoms with Crippen molar-refractivity contribution in [1.29, 1.82) is 0 Å². The highest BCUT2D eigenvalue weighted by atomic mass is 32.1. The number of hydrogen-bond donors (Lipinski definition) is 1. The molecule has 0 unspecified atom stereocenters. The summed E-state index contributed by atoms with van der Waals surface area (Å²) in [4.78, 5) is 25.1. The standard InChI is InChI=1S/C16H22N6O2S.CH2O2/c23-15(10-22-13-17-18-19-22)21-4-2-16(3-5-21)12-20(6-7-24-16)9-14-1-8-25-11-14;2-1-3/h1,8,11,13H,2-7,9-10,12H2;1H,(H,2,3). The fraction of sp³-hybridized carbons (Fsp3) is 0.588. The molecule has 0 radical (unpaired) electrons. The lowest BCUT2D eigenvalue weighted by molar-refractivity contribution is -0.151. The van der Waals surface area contributed by atoms with Gasteiger partial charge in [0.25, 0.3) is 6.47 Å². The summed E-state index contributed by atoms with van der Waals surface area (Å²) in [5.74, 6) is 0.0630. The summed E-state index contributed by atoms with van der Waals surface area (Å²) in [6, 6.07) is 2.19. The van der Waals surface area contributed by atoms with E-state index in [0.717, 1.165) is 52.2 Å². The van der Waals surface area contributed by atoms with Crippen LogP contribution in [0.15, 0.2) is 23.2 Å². The molecule has 11 heteroatoms. The number of thiophene rings is 1. The molecule has 4 heterocycles. The minimum absolute atomic E-state index is 0.0630. The van der Waals surface area contributed by atoms with E-state index in [4.69, 9.17) is 14.6 Å². The number of amides is 1. The highest BCUT2D eigenvalue weighted by Crippen LogP contribution is 2.31. The number of nitrogens with zero attached hydrogens (tertiary/aromatic N) is 6. The van der Waals surface area contributed by atoms with Crippen LogP contribution in [-0.4, -0.2) is 85.9 Å². The van der Waals surface area contributed by atoms with Crippen molar-refractivity contribution in [3.05, 3.63) is 28.7 Å². The number of piperidine rings is 1. The van der Waals surface area contributed by atoms with Gasteiger partial charge in [-0.15, -0.1) is 5.10 Å². The fourth-order valence-corrected chi connectivity index (χ4v) is 4.32. The number of tetrazole rings is 1. The Balaban J connectivity index is 0.000000706. The Morgan fingerprint density at radius 2 is 2.14 bits per heavy atom. The van der Waals surface area contributed by atoms with Crippen molar-refractivity contribution >= 4 is 23.7 Å². The van der Waals surface area contributed by atoms with Crippen LogP contribution in [0.5, 0.6) is 0 Å². The second-order valence-electron chi connectivity index (χ2n) is 6.87. The second kappa shape index (κ2) is 9.71. The summed E-state index contributed by atoms with van der Waals surface area (Å²) in [6.45, 7) is 5.07. The van der Waals surface area contributed by atoms with Crippen LogP contribution in [0.3, 0.4) is 0 Å². The van der Waals surface area contributed by atoms with Gasteiger partial charge in [-0.1, -0.05) is 0 Å². The van der Waals surface area contributed by atoms with E-state index in [1.165, 1.54) is 16.6 Å². The quantitative estimate of drug-likeness (QED) is 0.720. The monoisotopic (exact) mass is 408 g/mol. The molecule has 1 N–H and O–H groups in total. The van der Waals surface area contributed by atoms with Gasteiger partial charge in [0, 0.05) is 32.7 Å². The molecule has 0 saturated carbocycles. The van der Waals surface area contributed by atoms with Crippen molar-refractivity contribution in [2.75, 3.05) is 32.8 Å². The third kappa shape index (κ3) is 5.33. The van der Waals surface area contributed by atoms with E-state index < -0.39 is 0 Å². The lowest BCUT2D eigenvalue weighted by Crippen LogP contribution is -2.57. The number of carboxylic acid groups (broad SMARTS) is 1. The maximum absolute atomic E-state index is 12.4. The molecule has 1 spiro atoms. The van der Waals surface area contributed by atoms with Crippen molar-refractivity contribution in [3.8, 4) is 0 Å². The van der Waals surface area contributed by atoms with E-state index in [2.05, 4.69) is 37.3 Å². The van der Waals surface area contributed by atoms with Crippen LogP contribution >= 0.6 is 11.3 Å². The van der Waals surface area contributed by atoms with E-state index in [1.807, 2.05) is 4.90 Å². The van der Waals surface area contributed by atoms with E-state index in [9.17, 15) is 4.79 Å². The molecule has 152 valence electrons. The number of rotatable bonds is 4. The predicted molar refractivity (Wildman–Crippen MR) is 101 cm³/mol. The SMILES string of the molecule is O=C(Cn1cnnn1)N1CCC2(CC1)CN(Cc1ccsc1)CCO2.O=CO. The Bertz CT molecular complexity index is 731. The van der Waals surface area contributed by atoms with Crippen molar-refractivity contribution in [1.82, 2.24) is 30.0 Å². The molecule has 2 saturated heterocycles. The summed E-state index contributed by atoms with van der Waals surface area (Å²) in [5, 5.41) is 22.1. The molecule has 0 atom stereocenters. The van der Waals surface area contributed by atoms with Gasteiger partial charge in [-0.2, -0.15) is 11.3 Å². The number of ether oxygens (including phenoxy) is 1. The molecule has 0 bridgehead atoms. The molecule has 0 aromatic carbocycles. The van der Waals surface area contributed by atoms with E-state index in [1.54, 1.807) is 11.3 Å². The van der Waals surface area contributed by atoms with Crippen LogP contribution in [0, 0.1) is 0 Å². The van der Waals surface area contributed by atoms with Gasteiger partial charge in [-0.3, -0.25) is 14.5 Å². The minimum Gasteiger partial charge on any atom is -0.483 e. The number of likely N-dealkylation sites (tertiary alicyclic amines) is 1. The largest absolute Gasteiger partial charge is 0.483 e. The van der Waals surface area contributed by atoms with Crippen molar-refractivity contribution < 1.29 is 19.4 Å². The Labute approximate surface area is 166 Å². The molecule has 2 aliphatic heterocycles. The zero-order valence-corrected chi connectivity index (χ0v) is 16.3. The molecule has 4 rings (SSSR count). The molecular weight excluding hydrogens is 384 g/mol. The number of aromatic nitrogens is 4. The van der Waals surface area contributed by atoms with E-state index in [-0.39, 0.29) is 24.5 Å². The first-order valence-electron chi connectivity index (χ1n) is 9.08. The fourth-order valence-electron chi connectivity index (χ4n) is 3.66. The number of morpholine rings is 1. The van der Waals surface area contributed by atoms with E-state index in [0.29, 0.717) is 0 Å². The van der Waals surface area contributed by atoms with Gasteiger partial charge >= 0.3 is 0 Å². The zero-order valence-electron chi connectivity index (χ0n) is 15.5. The molecule has 2 fully saturated rings. The molecule has 10 nitrogen and oxygen atoms in total. The average molecular weight is 408 g/mol. The molecular formula is C17H24N6O4S. The molecule has 2 aromatic rings. The summed E-state index contributed by atoms with van der Waals surface area (Å²) in [7, 11) is 0. The lowest BCUT2D eigenvalue weighted by Gasteiger charge is -2.47. The van der Waals surface area contributed by atoms with Gasteiger partial charge in [0.15, 0.2) is 0 Å². The zero-order chi connectivity index (χ0) is 19.8. The third-order valence-corrected chi connectivity index (χ3v) is 5.76. The normalized spacial score (nSPS) is 19.1. The Morgan fingerprint density at radius 3 is 2.79 bits per heavy atom. The summed E-state index contributed by atoms with van der Waals surface area (Å²) < 4.78 is 7.64. The van der Waals surface area contributed by atoms with Crippen LogP contribution in [0.25, 0.3) is 0 Å². The average Bonchev–Trinajstić information content (AvgIpc) is 3.37. The smallest absolute Gasteiger partial charge is 0.290 e. The van der Waals surface area contributed by atoms with Gasteiger partial charge in [0.2, 0.25) is 5.91 Å². The summed E-state index contributed by atoms with van der Waals surface area (Å²) in [5.41, 5.74) is 1.26. The van der Waals surface area contributed by atoms with Gasteiger partial charge in [-0.25, -0.2) is 4.68 Å². The number of hydrogen-bond acceptors (Lipinski definition) is 8. The Kier molecular flexibility index (Phi) is 7.06.